The number of aldehydes is 2. The van der Waals surface area contributed by atoms with Gasteiger partial charge in [-0.05, 0) is 31.3 Å². The zero-order valence-corrected chi connectivity index (χ0v) is 12.9. The lowest BCUT2D eigenvalue weighted by molar-refractivity contribution is -0.150. The Hall–Kier alpha value is -1.45. The Balaban J connectivity index is 4.59. The first kappa shape index (κ1) is 18.6. The molecule has 0 aromatic heterocycles. The van der Waals surface area contributed by atoms with Gasteiger partial charge in [0.2, 0.25) is 0 Å². The predicted molar refractivity (Wildman–Crippen MR) is 78.2 cm³/mol. The van der Waals surface area contributed by atoms with Crippen LogP contribution in [0.25, 0.3) is 0 Å². The van der Waals surface area contributed by atoms with Gasteiger partial charge in [-0.2, -0.15) is 0 Å². The van der Waals surface area contributed by atoms with Crippen LogP contribution in [0.5, 0.6) is 0 Å². The smallest absolute Gasteiger partial charge is 0.306 e. The van der Waals surface area contributed by atoms with Crippen LogP contribution in [-0.4, -0.2) is 24.6 Å². The Bertz CT molecular complexity index is 344. The third-order valence-electron chi connectivity index (χ3n) is 3.22. The van der Waals surface area contributed by atoms with Crippen LogP contribution >= 0.6 is 0 Å². The average molecular weight is 282 g/mol. The summed E-state index contributed by atoms with van der Waals surface area (Å²) in [6.07, 6.45) is 4.81. The van der Waals surface area contributed by atoms with Crippen LogP contribution in [0.2, 0.25) is 0 Å². The van der Waals surface area contributed by atoms with Crippen molar-refractivity contribution in [2.24, 2.45) is 11.8 Å². The molecule has 4 heteroatoms. The van der Waals surface area contributed by atoms with E-state index in [0.29, 0.717) is 17.8 Å². The summed E-state index contributed by atoms with van der Waals surface area (Å²) in [4.78, 5) is 33.5. The van der Waals surface area contributed by atoms with Crippen molar-refractivity contribution in [1.29, 1.82) is 0 Å². The summed E-state index contributed by atoms with van der Waals surface area (Å²) >= 11 is 0. The molecule has 0 amide bonds. The van der Waals surface area contributed by atoms with Crippen molar-refractivity contribution >= 4 is 18.5 Å². The van der Waals surface area contributed by atoms with Gasteiger partial charge < -0.3 is 9.53 Å². The van der Waals surface area contributed by atoms with E-state index in [2.05, 4.69) is 13.8 Å². The highest BCUT2D eigenvalue weighted by Crippen LogP contribution is 2.19. The fraction of sp³-hybridized carbons (Fsp3) is 0.688. The Morgan fingerprint density at radius 3 is 2.30 bits per heavy atom. The van der Waals surface area contributed by atoms with Gasteiger partial charge in [0.1, 0.15) is 18.7 Å². The molecule has 0 aromatic rings. The minimum Gasteiger partial charge on any atom is -0.462 e. The lowest BCUT2D eigenvalue weighted by Crippen LogP contribution is -2.22. The van der Waals surface area contributed by atoms with Gasteiger partial charge in [-0.15, -0.1) is 0 Å². The highest BCUT2D eigenvalue weighted by Gasteiger charge is 2.21. The van der Waals surface area contributed by atoms with Gasteiger partial charge in [0.05, 0.1) is 6.42 Å². The Morgan fingerprint density at radius 1 is 1.25 bits per heavy atom. The Labute approximate surface area is 121 Å². The maximum absolute atomic E-state index is 11.9. The van der Waals surface area contributed by atoms with Crippen molar-refractivity contribution < 1.29 is 19.1 Å². The minimum absolute atomic E-state index is 0.0751. The molecule has 0 heterocycles. The zero-order valence-electron chi connectivity index (χ0n) is 12.9. The number of allylic oxidation sites excluding steroid dienone is 2. The molecular weight excluding hydrogens is 256 g/mol. The number of carbonyl (C=O) groups excluding carboxylic acids is 3. The summed E-state index contributed by atoms with van der Waals surface area (Å²) in [5.41, 5.74) is 0.478. The zero-order chi connectivity index (χ0) is 15.5. The van der Waals surface area contributed by atoms with Gasteiger partial charge in [-0.3, -0.25) is 9.59 Å². The SMILES string of the molecule is C/C=C(/C=O)[C@@H](CC=O)CC(=O)OC(CC)CC(C)C. The lowest BCUT2D eigenvalue weighted by atomic mass is 9.93. The van der Waals surface area contributed by atoms with Crippen LogP contribution in [0.1, 0.15) is 53.4 Å². The lowest BCUT2D eigenvalue weighted by Gasteiger charge is -2.20. The van der Waals surface area contributed by atoms with E-state index in [4.69, 9.17) is 4.74 Å². The third kappa shape index (κ3) is 7.22. The molecular formula is C16H26O4. The monoisotopic (exact) mass is 282 g/mol. The van der Waals surface area contributed by atoms with E-state index in [-0.39, 0.29) is 30.8 Å². The van der Waals surface area contributed by atoms with Crippen LogP contribution in [-0.2, 0) is 19.1 Å². The van der Waals surface area contributed by atoms with Crippen LogP contribution in [0.15, 0.2) is 11.6 Å². The first-order valence-electron chi connectivity index (χ1n) is 7.22. The molecule has 4 nitrogen and oxygen atoms in total. The second-order valence-corrected chi connectivity index (χ2v) is 5.36. The second-order valence-electron chi connectivity index (χ2n) is 5.36. The number of rotatable bonds is 10. The molecule has 0 aliphatic heterocycles. The third-order valence-corrected chi connectivity index (χ3v) is 3.22. The van der Waals surface area contributed by atoms with E-state index in [1.54, 1.807) is 13.0 Å². The van der Waals surface area contributed by atoms with E-state index in [1.807, 2.05) is 6.92 Å². The van der Waals surface area contributed by atoms with E-state index >= 15 is 0 Å². The van der Waals surface area contributed by atoms with Gasteiger partial charge in [0.25, 0.3) is 0 Å². The molecule has 1 unspecified atom stereocenters. The molecule has 0 aliphatic carbocycles. The standard InChI is InChI=1S/C16H26O4/c1-5-13(11-18)14(7-8-17)10-16(19)20-15(6-2)9-12(3)4/h5,8,11-12,14-15H,6-7,9-10H2,1-4H3/b13-5-/t14-,15?/m0/s1. The molecule has 0 bridgehead atoms. The molecule has 0 saturated heterocycles. The molecule has 0 spiro atoms. The number of hydrogen-bond donors (Lipinski definition) is 0. The molecule has 0 aromatic carbocycles. The first-order valence-corrected chi connectivity index (χ1v) is 7.22. The predicted octanol–water partition coefficient (Wildman–Crippen LogP) is 3.09. The fourth-order valence-electron chi connectivity index (χ4n) is 2.11. The molecule has 0 fully saturated rings. The summed E-state index contributed by atoms with van der Waals surface area (Å²) in [6.45, 7) is 7.86. The largest absolute Gasteiger partial charge is 0.462 e. The summed E-state index contributed by atoms with van der Waals surface area (Å²) in [6, 6.07) is 0. The quantitative estimate of drug-likeness (QED) is 0.351. The van der Waals surface area contributed by atoms with E-state index in [1.165, 1.54) is 0 Å². The van der Waals surface area contributed by atoms with Gasteiger partial charge in [0.15, 0.2) is 0 Å². The van der Waals surface area contributed by atoms with Crippen LogP contribution in [0.4, 0.5) is 0 Å². The van der Waals surface area contributed by atoms with E-state index < -0.39 is 0 Å². The summed E-state index contributed by atoms with van der Waals surface area (Å²) in [7, 11) is 0. The van der Waals surface area contributed by atoms with Crippen molar-refractivity contribution in [3.05, 3.63) is 11.6 Å². The highest BCUT2D eigenvalue weighted by atomic mass is 16.5. The Kier molecular flexibility index (Phi) is 9.60. The number of esters is 1. The van der Waals surface area contributed by atoms with Crippen molar-refractivity contribution in [3.63, 3.8) is 0 Å². The second kappa shape index (κ2) is 10.4. The molecule has 2 atom stereocenters. The van der Waals surface area contributed by atoms with Crippen molar-refractivity contribution in [1.82, 2.24) is 0 Å². The van der Waals surface area contributed by atoms with Gasteiger partial charge >= 0.3 is 5.97 Å². The van der Waals surface area contributed by atoms with Crippen LogP contribution < -0.4 is 0 Å². The van der Waals surface area contributed by atoms with Gasteiger partial charge in [0, 0.05) is 12.3 Å². The number of hydrogen-bond acceptors (Lipinski definition) is 4. The summed E-state index contributed by atoms with van der Waals surface area (Å²) < 4.78 is 5.43. The summed E-state index contributed by atoms with van der Waals surface area (Å²) in [5.74, 6) is -0.260. The molecule has 114 valence electrons. The maximum atomic E-state index is 11.9. The summed E-state index contributed by atoms with van der Waals surface area (Å²) in [5, 5.41) is 0. The molecule has 0 saturated carbocycles. The number of carbonyl (C=O) groups is 3. The molecule has 0 radical (unpaired) electrons. The van der Waals surface area contributed by atoms with Crippen molar-refractivity contribution in [2.45, 2.75) is 59.5 Å². The Morgan fingerprint density at radius 2 is 1.90 bits per heavy atom. The average Bonchev–Trinajstić information content (AvgIpc) is 2.38. The first-order chi connectivity index (χ1) is 9.48. The van der Waals surface area contributed by atoms with Gasteiger partial charge in [-0.25, -0.2) is 0 Å². The van der Waals surface area contributed by atoms with Gasteiger partial charge in [-0.1, -0.05) is 26.8 Å². The highest BCUT2D eigenvalue weighted by molar-refractivity contribution is 5.78. The maximum Gasteiger partial charge on any atom is 0.306 e. The normalized spacial score (nSPS) is 14.8. The topological polar surface area (TPSA) is 60.4 Å². The van der Waals surface area contributed by atoms with Crippen LogP contribution in [0.3, 0.4) is 0 Å². The number of ether oxygens (including phenoxy) is 1. The molecule has 0 N–H and O–H groups in total. The molecule has 20 heavy (non-hydrogen) atoms. The van der Waals surface area contributed by atoms with E-state index in [9.17, 15) is 14.4 Å². The van der Waals surface area contributed by atoms with Crippen LogP contribution in [0, 0.1) is 11.8 Å². The molecule has 0 rings (SSSR count). The fourth-order valence-corrected chi connectivity index (χ4v) is 2.11. The van der Waals surface area contributed by atoms with E-state index in [0.717, 1.165) is 19.1 Å². The van der Waals surface area contributed by atoms with Crippen molar-refractivity contribution in [2.75, 3.05) is 0 Å². The van der Waals surface area contributed by atoms with Crippen molar-refractivity contribution in [3.8, 4) is 0 Å². The molecule has 0 aliphatic rings. The minimum atomic E-state index is -0.376.